The molecule has 0 unspecified atom stereocenters. The number of hydrogen-bond donors (Lipinski definition) is 0. The highest BCUT2D eigenvalue weighted by molar-refractivity contribution is 7.99. The molecule has 9 heteroatoms. The van der Waals surface area contributed by atoms with E-state index in [4.69, 9.17) is 0 Å². The molecule has 1 atom stereocenters. The number of hydrogen-bond acceptors (Lipinski definition) is 4. The molecule has 4 nitrogen and oxygen atoms in total. The summed E-state index contributed by atoms with van der Waals surface area (Å²) in [7, 11) is -2.43. The number of nitrogens with zero attached hydrogens (tertiary/aromatic N) is 2. The van der Waals surface area contributed by atoms with Crippen molar-refractivity contribution in [2.24, 2.45) is 0 Å². The van der Waals surface area contributed by atoms with Crippen molar-refractivity contribution in [1.82, 2.24) is 9.29 Å². The van der Waals surface area contributed by atoms with Gasteiger partial charge in [-0.05, 0) is 24.8 Å². The van der Waals surface area contributed by atoms with Gasteiger partial charge in [0.25, 0.3) is 0 Å². The fourth-order valence-corrected chi connectivity index (χ4v) is 3.70. The second-order valence-corrected chi connectivity index (χ2v) is 7.72. The molecule has 1 heterocycles. The molecule has 0 fully saturated rings. The van der Waals surface area contributed by atoms with Gasteiger partial charge in [-0.15, -0.1) is 0 Å². The average molecular weight is 342 g/mol. The van der Waals surface area contributed by atoms with Gasteiger partial charge in [0.15, 0.2) is 0 Å². The first-order valence-electron chi connectivity index (χ1n) is 6.19. The van der Waals surface area contributed by atoms with E-state index in [0.717, 1.165) is 22.3 Å². The third-order valence-corrected chi connectivity index (χ3v) is 5.97. The molecule has 0 saturated carbocycles. The van der Waals surface area contributed by atoms with Gasteiger partial charge in [0.2, 0.25) is 10.0 Å². The van der Waals surface area contributed by atoms with E-state index in [9.17, 15) is 21.6 Å². The summed E-state index contributed by atoms with van der Waals surface area (Å²) in [4.78, 5) is 2.94. The predicted octanol–water partition coefficient (Wildman–Crippen LogP) is 2.86. The first-order valence-corrected chi connectivity index (χ1v) is 8.79. The van der Waals surface area contributed by atoms with Crippen LogP contribution >= 0.6 is 11.8 Å². The second kappa shape index (κ2) is 6.97. The van der Waals surface area contributed by atoms with Crippen LogP contribution < -0.4 is 0 Å². The molecule has 1 aromatic heterocycles. The lowest BCUT2D eigenvalue weighted by atomic mass is 10.3. The van der Waals surface area contributed by atoms with Crippen molar-refractivity contribution in [2.45, 2.75) is 31.0 Å². The molecule has 0 N–H and O–H groups in total. The van der Waals surface area contributed by atoms with Gasteiger partial charge in [0.1, 0.15) is 10.6 Å². The minimum absolute atomic E-state index is 0.244. The number of rotatable bonds is 6. The molecule has 1 rings (SSSR count). The Labute approximate surface area is 126 Å². The lowest BCUT2D eigenvalue weighted by molar-refractivity contribution is -0.141. The van der Waals surface area contributed by atoms with Crippen molar-refractivity contribution < 1.29 is 21.6 Å². The predicted molar refractivity (Wildman–Crippen MR) is 76.6 cm³/mol. The third kappa shape index (κ3) is 4.58. The van der Waals surface area contributed by atoms with Crippen LogP contribution in [0.1, 0.15) is 19.5 Å². The van der Waals surface area contributed by atoms with E-state index in [1.54, 1.807) is 18.7 Å². The molecule has 0 aliphatic heterocycles. The molecular formula is C12H17F3N2O2S2. The molecule has 0 spiro atoms. The fraction of sp³-hybridized carbons (Fsp3) is 0.583. The molecule has 0 radical (unpaired) electrons. The quantitative estimate of drug-likeness (QED) is 0.798. The minimum Gasteiger partial charge on any atom is -0.250 e. The van der Waals surface area contributed by atoms with Crippen molar-refractivity contribution in [3.63, 3.8) is 0 Å². The summed E-state index contributed by atoms with van der Waals surface area (Å²) in [5, 5.41) is 0. The second-order valence-electron chi connectivity index (χ2n) is 4.41. The molecule has 0 amide bonds. The van der Waals surface area contributed by atoms with Crippen LogP contribution in [0.3, 0.4) is 0 Å². The Morgan fingerprint density at radius 3 is 2.43 bits per heavy atom. The van der Waals surface area contributed by atoms with Gasteiger partial charge in [0.05, 0.1) is 0 Å². The Bertz CT molecular complexity index is 559. The topological polar surface area (TPSA) is 50.3 Å². The first-order chi connectivity index (χ1) is 9.60. The molecule has 120 valence electrons. The van der Waals surface area contributed by atoms with Gasteiger partial charge in [-0.1, -0.05) is 6.92 Å². The number of aromatic nitrogens is 1. The monoisotopic (exact) mass is 342 g/mol. The Morgan fingerprint density at radius 1 is 1.38 bits per heavy atom. The van der Waals surface area contributed by atoms with Crippen LogP contribution in [-0.4, -0.2) is 42.3 Å². The van der Waals surface area contributed by atoms with Crippen molar-refractivity contribution in [3.8, 4) is 0 Å². The summed E-state index contributed by atoms with van der Waals surface area (Å²) in [6, 6.07) is 1.34. The Balaban J connectivity index is 2.97. The van der Waals surface area contributed by atoms with Gasteiger partial charge in [-0.25, -0.2) is 8.42 Å². The van der Waals surface area contributed by atoms with Crippen molar-refractivity contribution in [1.29, 1.82) is 0 Å². The van der Waals surface area contributed by atoms with Crippen LogP contribution in [0.4, 0.5) is 13.2 Å². The molecule has 0 aromatic carbocycles. The van der Waals surface area contributed by atoms with E-state index < -0.39 is 21.9 Å². The Kier molecular flexibility index (Phi) is 6.06. The van der Waals surface area contributed by atoms with E-state index in [1.165, 1.54) is 7.05 Å². The third-order valence-electron chi connectivity index (χ3n) is 2.89. The number of alkyl halides is 3. The largest absolute Gasteiger partial charge is 0.433 e. The summed E-state index contributed by atoms with van der Waals surface area (Å²) in [6.07, 6.45) is -3.84. The van der Waals surface area contributed by atoms with Gasteiger partial charge in [-0.2, -0.15) is 29.2 Å². The average Bonchev–Trinajstić information content (AvgIpc) is 2.43. The van der Waals surface area contributed by atoms with Crippen LogP contribution in [0.25, 0.3) is 0 Å². The molecular weight excluding hydrogens is 325 g/mol. The van der Waals surface area contributed by atoms with E-state index in [-0.39, 0.29) is 10.9 Å². The zero-order valence-corrected chi connectivity index (χ0v) is 13.5. The maximum absolute atomic E-state index is 12.4. The Morgan fingerprint density at radius 2 is 2.00 bits per heavy atom. The Hall–Kier alpha value is -0.800. The fourth-order valence-electron chi connectivity index (χ4n) is 1.50. The van der Waals surface area contributed by atoms with E-state index >= 15 is 0 Å². The maximum atomic E-state index is 12.4. The van der Waals surface area contributed by atoms with Gasteiger partial charge >= 0.3 is 6.18 Å². The smallest absolute Gasteiger partial charge is 0.250 e. The molecule has 0 aliphatic rings. The van der Waals surface area contributed by atoms with Crippen molar-refractivity contribution in [2.75, 3.05) is 18.6 Å². The maximum Gasteiger partial charge on any atom is 0.433 e. The lowest BCUT2D eigenvalue weighted by Gasteiger charge is -2.23. The van der Waals surface area contributed by atoms with E-state index in [0.29, 0.717) is 11.8 Å². The SMILES string of the molecule is CCSC[C@@H](C)N(C)S(=O)(=O)c1ccc(C(F)(F)F)nc1. The van der Waals surface area contributed by atoms with Crippen molar-refractivity contribution >= 4 is 21.8 Å². The zero-order valence-electron chi connectivity index (χ0n) is 11.9. The number of pyridine rings is 1. The summed E-state index contributed by atoms with van der Waals surface area (Å²) < 4.78 is 63.0. The van der Waals surface area contributed by atoms with Gasteiger partial charge in [-0.3, -0.25) is 4.98 Å². The van der Waals surface area contributed by atoms with Gasteiger partial charge in [0, 0.05) is 25.0 Å². The number of sulfonamides is 1. The van der Waals surface area contributed by atoms with Crippen molar-refractivity contribution in [3.05, 3.63) is 24.0 Å². The van der Waals surface area contributed by atoms with E-state index in [2.05, 4.69) is 4.98 Å². The zero-order chi connectivity index (χ0) is 16.3. The lowest BCUT2D eigenvalue weighted by Crippen LogP contribution is -2.36. The van der Waals surface area contributed by atoms with Crippen LogP contribution in [0.15, 0.2) is 23.2 Å². The minimum atomic E-state index is -4.58. The summed E-state index contributed by atoms with van der Waals surface area (Å²) in [6.45, 7) is 3.71. The molecule has 0 bridgehead atoms. The molecule has 21 heavy (non-hydrogen) atoms. The van der Waals surface area contributed by atoms with Crippen LogP contribution in [-0.2, 0) is 16.2 Å². The first kappa shape index (κ1) is 18.2. The summed E-state index contributed by atoms with van der Waals surface area (Å²) in [5.74, 6) is 1.47. The molecule has 0 saturated heterocycles. The summed E-state index contributed by atoms with van der Waals surface area (Å²) >= 11 is 1.59. The molecule has 0 aliphatic carbocycles. The normalized spacial score (nSPS) is 14.4. The number of halogens is 3. The van der Waals surface area contributed by atoms with Crippen LogP contribution in [0.2, 0.25) is 0 Å². The van der Waals surface area contributed by atoms with Crippen LogP contribution in [0, 0.1) is 0 Å². The highest BCUT2D eigenvalue weighted by Crippen LogP contribution is 2.28. The molecule has 1 aromatic rings. The van der Waals surface area contributed by atoms with E-state index in [1.807, 2.05) is 6.92 Å². The highest BCUT2D eigenvalue weighted by atomic mass is 32.2. The standard InChI is InChI=1S/C12H17F3N2O2S2/c1-4-20-8-9(2)17(3)21(18,19)10-5-6-11(16-7-10)12(13,14)15/h5-7,9H,4,8H2,1-3H3/t9-/m1/s1. The van der Waals surface area contributed by atoms with Gasteiger partial charge < -0.3 is 0 Å². The number of thioether (sulfide) groups is 1. The van der Waals surface area contributed by atoms with Crippen LogP contribution in [0.5, 0.6) is 0 Å². The highest BCUT2D eigenvalue weighted by Gasteiger charge is 2.33. The summed E-state index contributed by atoms with van der Waals surface area (Å²) in [5.41, 5.74) is -1.11.